The molecule has 1 saturated carbocycles. The SMILES string of the molecule is C[C@@]1([C@@H](C[C@H]2C(=O)CC=C3C[C@@H](O)CC[C@@]32C)OC(=O)c2ccccc2)C(=O)[C@@]2(C)CC[C@@H]1O2. The lowest BCUT2D eigenvalue weighted by atomic mass is 9.56. The maximum Gasteiger partial charge on any atom is 0.338 e. The highest BCUT2D eigenvalue weighted by molar-refractivity contribution is 5.97. The molecule has 1 N–H and O–H groups in total. The average molecular weight is 467 g/mol. The zero-order valence-electron chi connectivity index (χ0n) is 20.2. The van der Waals surface area contributed by atoms with E-state index in [9.17, 15) is 19.5 Å². The van der Waals surface area contributed by atoms with Crippen molar-refractivity contribution in [2.75, 3.05) is 0 Å². The van der Waals surface area contributed by atoms with Crippen LogP contribution in [-0.4, -0.2) is 46.6 Å². The van der Waals surface area contributed by atoms with Crippen LogP contribution in [0.3, 0.4) is 0 Å². The molecule has 5 rings (SSSR count). The molecule has 6 heteroatoms. The first kappa shape index (κ1) is 23.4. The first-order valence-electron chi connectivity index (χ1n) is 12.5. The Morgan fingerprint density at radius 2 is 1.88 bits per heavy atom. The highest BCUT2D eigenvalue weighted by atomic mass is 16.6. The molecule has 2 bridgehead atoms. The number of fused-ring (bicyclic) bond motifs is 3. The minimum atomic E-state index is -1.01. The summed E-state index contributed by atoms with van der Waals surface area (Å²) in [5.74, 6) is -0.805. The predicted octanol–water partition coefficient (Wildman–Crippen LogP) is 4.20. The molecule has 4 aliphatic rings. The molecule has 0 amide bonds. The summed E-state index contributed by atoms with van der Waals surface area (Å²) < 4.78 is 12.3. The fraction of sp³-hybridized carbons (Fsp3) is 0.607. The molecule has 0 aromatic heterocycles. The Balaban J connectivity index is 1.50. The largest absolute Gasteiger partial charge is 0.458 e. The Kier molecular flexibility index (Phi) is 5.60. The maximum absolute atomic E-state index is 13.7. The van der Waals surface area contributed by atoms with E-state index in [1.165, 1.54) is 0 Å². The van der Waals surface area contributed by atoms with Crippen LogP contribution in [0.5, 0.6) is 0 Å². The number of allylic oxidation sites excluding steroid dienone is 1. The number of hydrogen-bond acceptors (Lipinski definition) is 6. The number of ketones is 2. The van der Waals surface area contributed by atoms with Crippen molar-refractivity contribution in [1.82, 2.24) is 0 Å². The summed E-state index contributed by atoms with van der Waals surface area (Å²) in [4.78, 5) is 40.1. The summed E-state index contributed by atoms with van der Waals surface area (Å²) in [5.41, 5.74) is -0.757. The number of hydrogen-bond donors (Lipinski definition) is 1. The van der Waals surface area contributed by atoms with E-state index < -0.39 is 34.6 Å². The van der Waals surface area contributed by atoms with Crippen molar-refractivity contribution >= 4 is 17.5 Å². The van der Waals surface area contributed by atoms with Crippen LogP contribution < -0.4 is 0 Å². The molecule has 1 aromatic carbocycles. The second-order valence-corrected chi connectivity index (χ2v) is 11.2. The number of ether oxygens (including phenoxy) is 2. The van der Waals surface area contributed by atoms with Gasteiger partial charge in [-0.05, 0) is 69.9 Å². The monoisotopic (exact) mass is 466 g/mol. The minimum Gasteiger partial charge on any atom is -0.458 e. The number of rotatable bonds is 5. The van der Waals surface area contributed by atoms with E-state index in [1.807, 2.05) is 26.0 Å². The Bertz CT molecular complexity index is 1050. The lowest BCUT2D eigenvalue weighted by molar-refractivity contribution is -0.142. The van der Waals surface area contributed by atoms with Gasteiger partial charge in [0, 0.05) is 12.3 Å². The smallest absolute Gasteiger partial charge is 0.338 e. The second kappa shape index (κ2) is 8.13. The standard InChI is InChI=1S/C28H34O6/c1-26-13-11-19(29)15-18(26)9-10-21(30)20(26)16-23(33-24(31)17-7-5-4-6-8-17)28(3)22-12-14-27(2,34-22)25(28)32/h4-9,19-20,22-23,29H,10-16H2,1-3H3/t19-,20-,22-,23+,26-,27+,28+/m0/s1. The van der Waals surface area contributed by atoms with E-state index in [-0.39, 0.29) is 30.0 Å². The Labute approximate surface area is 200 Å². The van der Waals surface area contributed by atoms with Crippen molar-refractivity contribution < 1.29 is 29.0 Å². The van der Waals surface area contributed by atoms with Gasteiger partial charge in [-0.3, -0.25) is 9.59 Å². The van der Waals surface area contributed by atoms with E-state index in [4.69, 9.17) is 9.47 Å². The van der Waals surface area contributed by atoms with Crippen LogP contribution in [0.1, 0.15) is 76.1 Å². The third-order valence-corrected chi connectivity index (χ3v) is 9.20. The van der Waals surface area contributed by atoms with Crippen LogP contribution in [-0.2, 0) is 19.1 Å². The van der Waals surface area contributed by atoms with Crippen molar-refractivity contribution in [3.05, 3.63) is 47.5 Å². The fourth-order valence-electron chi connectivity index (χ4n) is 6.94. The van der Waals surface area contributed by atoms with Gasteiger partial charge in [-0.2, -0.15) is 0 Å². The Hall–Kier alpha value is -2.31. The first-order valence-corrected chi connectivity index (χ1v) is 12.5. The van der Waals surface area contributed by atoms with Gasteiger partial charge in [0.15, 0.2) is 5.78 Å². The van der Waals surface area contributed by atoms with Gasteiger partial charge in [-0.25, -0.2) is 4.79 Å². The third kappa shape index (κ3) is 3.49. The van der Waals surface area contributed by atoms with E-state index >= 15 is 0 Å². The van der Waals surface area contributed by atoms with Crippen molar-refractivity contribution in [3.8, 4) is 0 Å². The van der Waals surface area contributed by atoms with Gasteiger partial charge >= 0.3 is 5.97 Å². The van der Waals surface area contributed by atoms with Crippen LogP contribution in [0, 0.1) is 16.7 Å². The lowest BCUT2D eigenvalue weighted by Crippen LogP contribution is -2.54. The molecule has 6 nitrogen and oxygen atoms in total. The Morgan fingerprint density at radius 3 is 2.56 bits per heavy atom. The van der Waals surface area contributed by atoms with Crippen molar-refractivity contribution in [2.24, 2.45) is 16.7 Å². The highest BCUT2D eigenvalue weighted by Crippen LogP contribution is 2.57. The van der Waals surface area contributed by atoms with Crippen molar-refractivity contribution in [2.45, 2.75) is 89.6 Å². The first-order chi connectivity index (χ1) is 16.1. The zero-order valence-corrected chi connectivity index (χ0v) is 20.2. The molecule has 2 saturated heterocycles. The van der Waals surface area contributed by atoms with Gasteiger partial charge < -0.3 is 14.6 Å². The molecule has 0 radical (unpaired) electrons. The molecule has 182 valence electrons. The molecular formula is C28H34O6. The summed E-state index contributed by atoms with van der Waals surface area (Å²) in [6.07, 6.45) is 4.33. The number of aliphatic hydroxyl groups is 1. The van der Waals surface area contributed by atoms with Crippen LogP contribution in [0.25, 0.3) is 0 Å². The summed E-state index contributed by atoms with van der Waals surface area (Å²) in [5, 5.41) is 10.2. The molecule has 3 fully saturated rings. The van der Waals surface area contributed by atoms with Gasteiger partial charge in [-0.15, -0.1) is 0 Å². The van der Waals surface area contributed by atoms with Crippen molar-refractivity contribution in [1.29, 1.82) is 0 Å². The highest BCUT2D eigenvalue weighted by Gasteiger charge is 2.67. The summed E-state index contributed by atoms with van der Waals surface area (Å²) in [6, 6.07) is 8.76. The molecule has 7 atom stereocenters. The van der Waals surface area contributed by atoms with Gasteiger partial charge in [0.1, 0.15) is 17.5 Å². The van der Waals surface area contributed by atoms with Gasteiger partial charge in [-0.1, -0.05) is 36.8 Å². The van der Waals surface area contributed by atoms with E-state index in [0.717, 1.165) is 12.0 Å². The van der Waals surface area contributed by atoms with Crippen LogP contribution in [0.4, 0.5) is 0 Å². The minimum absolute atomic E-state index is 0.0367. The molecule has 2 heterocycles. The molecule has 0 unspecified atom stereocenters. The van der Waals surface area contributed by atoms with Crippen LogP contribution in [0.2, 0.25) is 0 Å². The predicted molar refractivity (Wildman–Crippen MR) is 125 cm³/mol. The number of benzene rings is 1. The van der Waals surface area contributed by atoms with Crippen molar-refractivity contribution in [3.63, 3.8) is 0 Å². The number of Topliss-reactive ketones (excluding diaryl/α,β-unsaturated/α-hetero) is 2. The quantitative estimate of drug-likeness (QED) is 0.517. The molecular weight excluding hydrogens is 432 g/mol. The summed E-state index contributed by atoms with van der Waals surface area (Å²) in [6.45, 7) is 5.77. The molecule has 2 aliphatic heterocycles. The Morgan fingerprint density at radius 1 is 1.15 bits per heavy atom. The average Bonchev–Trinajstić information content (AvgIpc) is 3.31. The number of esters is 1. The normalized spacial score (nSPS) is 40.0. The van der Waals surface area contributed by atoms with Crippen LogP contribution >= 0.6 is 0 Å². The van der Waals surface area contributed by atoms with E-state index in [2.05, 4.69) is 6.92 Å². The van der Waals surface area contributed by atoms with Gasteiger partial charge in [0.2, 0.25) is 0 Å². The molecule has 2 aliphatic carbocycles. The van der Waals surface area contributed by atoms with Gasteiger partial charge in [0.05, 0.1) is 23.2 Å². The molecule has 34 heavy (non-hydrogen) atoms. The molecule has 1 aromatic rings. The lowest BCUT2D eigenvalue weighted by Gasteiger charge is -2.48. The number of carbonyl (C=O) groups excluding carboxylic acids is 3. The van der Waals surface area contributed by atoms with Gasteiger partial charge in [0.25, 0.3) is 0 Å². The second-order valence-electron chi connectivity index (χ2n) is 11.2. The fourth-order valence-corrected chi connectivity index (χ4v) is 6.94. The van der Waals surface area contributed by atoms with E-state index in [0.29, 0.717) is 37.7 Å². The summed E-state index contributed by atoms with van der Waals surface area (Å²) >= 11 is 0. The number of aliphatic hydroxyl groups excluding tert-OH is 1. The summed E-state index contributed by atoms with van der Waals surface area (Å²) in [7, 11) is 0. The topological polar surface area (TPSA) is 89.9 Å². The third-order valence-electron chi connectivity index (χ3n) is 9.20. The van der Waals surface area contributed by atoms with E-state index in [1.54, 1.807) is 24.3 Å². The maximum atomic E-state index is 13.7. The zero-order chi connectivity index (χ0) is 24.3. The number of carbonyl (C=O) groups is 3. The van der Waals surface area contributed by atoms with Crippen LogP contribution in [0.15, 0.2) is 42.0 Å². The molecule has 0 spiro atoms.